The molecule has 3 rings (SSSR count). The van der Waals surface area contributed by atoms with Crippen molar-refractivity contribution in [3.05, 3.63) is 42.8 Å². The number of aromatic hydroxyl groups is 1. The molecule has 17 heavy (non-hydrogen) atoms. The molecule has 0 aliphatic carbocycles. The molecule has 3 aromatic heterocycles. The van der Waals surface area contributed by atoms with E-state index in [1.54, 1.807) is 30.5 Å². The summed E-state index contributed by atoms with van der Waals surface area (Å²) in [7, 11) is 0. The minimum Gasteiger partial charge on any atom is -0.493 e. The molecule has 5 heteroatoms. The lowest BCUT2D eigenvalue weighted by molar-refractivity contribution is 0.455. The lowest BCUT2D eigenvalue weighted by atomic mass is 10.2. The molecule has 0 saturated carbocycles. The molecular weight excluding hydrogens is 218 g/mol. The van der Waals surface area contributed by atoms with Crippen LogP contribution in [0.3, 0.4) is 0 Å². The summed E-state index contributed by atoms with van der Waals surface area (Å²) in [6.07, 6.45) is 3.12. The third kappa shape index (κ3) is 1.67. The highest BCUT2D eigenvalue weighted by molar-refractivity contribution is 5.68. The average Bonchev–Trinajstić information content (AvgIpc) is 3.00. The van der Waals surface area contributed by atoms with Gasteiger partial charge in [0.1, 0.15) is 5.69 Å². The van der Waals surface area contributed by atoms with E-state index < -0.39 is 0 Å². The fourth-order valence-corrected chi connectivity index (χ4v) is 1.61. The van der Waals surface area contributed by atoms with Crippen LogP contribution in [0.5, 0.6) is 5.88 Å². The van der Waals surface area contributed by atoms with Gasteiger partial charge in [-0.2, -0.15) is 5.10 Å². The summed E-state index contributed by atoms with van der Waals surface area (Å²) in [5.74, 6) is 0.664. The Hall–Kier alpha value is -2.56. The minimum atomic E-state index is -0.0370. The van der Waals surface area contributed by atoms with Crippen molar-refractivity contribution in [1.82, 2.24) is 15.2 Å². The summed E-state index contributed by atoms with van der Waals surface area (Å²) < 4.78 is 5.25. The maximum atomic E-state index is 9.62. The summed E-state index contributed by atoms with van der Waals surface area (Å²) in [6.45, 7) is 0. The molecule has 0 unspecified atom stereocenters. The topological polar surface area (TPSA) is 74.9 Å². The highest BCUT2D eigenvalue weighted by atomic mass is 16.3. The van der Waals surface area contributed by atoms with Gasteiger partial charge in [-0.25, -0.2) is 4.98 Å². The number of hydrogen-bond donors (Lipinski definition) is 2. The zero-order valence-electron chi connectivity index (χ0n) is 8.79. The van der Waals surface area contributed by atoms with Gasteiger partial charge in [0, 0.05) is 6.20 Å². The molecule has 0 aromatic carbocycles. The SMILES string of the molecule is Oc1ncccc1-c1cc(-c2ccco2)[nH]n1. The first-order valence-corrected chi connectivity index (χ1v) is 5.08. The van der Waals surface area contributed by atoms with E-state index in [0.29, 0.717) is 17.0 Å². The third-order valence-corrected chi connectivity index (χ3v) is 2.43. The second kappa shape index (κ2) is 3.79. The van der Waals surface area contributed by atoms with Gasteiger partial charge in [-0.15, -0.1) is 0 Å². The van der Waals surface area contributed by atoms with Crippen LogP contribution in [0.25, 0.3) is 22.7 Å². The molecule has 5 nitrogen and oxygen atoms in total. The molecule has 0 bridgehead atoms. The molecule has 0 aliphatic heterocycles. The van der Waals surface area contributed by atoms with Crippen molar-refractivity contribution in [1.29, 1.82) is 0 Å². The van der Waals surface area contributed by atoms with Crippen LogP contribution >= 0.6 is 0 Å². The average molecular weight is 227 g/mol. The van der Waals surface area contributed by atoms with Crippen molar-refractivity contribution >= 4 is 0 Å². The van der Waals surface area contributed by atoms with E-state index in [0.717, 1.165) is 5.69 Å². The van der Waals surface area contributed by atoms with Gasteiger partial charge in [-0.3, -0.25) is 5.10 Å². The Morgan fingerprint density at radius 2 is 2.18 bits per heavy atom. The summed E-state index contributed by atoms with van der Waals surface area (Å²) in [5.41, 5.74) is 1.97. The number of nitrogens with one attached hydrogen (secondary N) is 1. The van der Waals surface area contributed by atoms with Gasteiger partial charge < -0.3 is 9.52 Å². The molecule has 84 valence electrons. The number of H-pyrrole nitrogens is 1. The Balaban J connectivity index is 2.04. The summed E-state index contributed by atoms with van der Waals surface area (Å²) in [5, 5.41) is 16.6. The smallest absolute Gasteiger partial charge is 0.220 e. The van der Waals surface area contributed by atoms with E-state index in [1.807, 2.05) is 6.07 Å². The highest BCUT2D eigenvalue weighted by Gasteiger charge is 2.10. The monoisotopic (exact) mass is 227 g/mol. The maximum Gasteiger partial charge on any atom is 0.220 e. The molecule has 0 fully saturated rings. The Bertz CT molecular complexity index is 629. The van der Waals surface area contributed by atoms with E-state index in [4.69, 9.17) is 4.42 Å². The van der Waals surface area contributed by atoms with Gasteiger partial charge in [-0.05, 0) is 30.3 Å². The molecule has 0 radical (unpaired) electrons. The zero-order valence-corrected chi connectivity index (χ0v) is 8.79. The van der Waals surface area contributed by atoms with Crippen molar-refractivity contribution < 1.29 is 9.52 Å². The number of aromatic amines is 1. The summed E-state index contributed by atoms with van der Waals surface area (Å²) >= 11 is 0. The maximum absolute atomic E-state index is 9.62. The predicted molar refractivity (Wildman–Crippen MR) is 61.2 cm³/mol. The number of pyridine rings is 1. The summed E-state index contributed by atoms with van der Waals surface area (Å²) in [4.78, 5) is 3.81. The second-order valence-corrected chi connectivity index (χ2v) is 3.52. The van der Waals surface area contributed by atoms with Crippen LogP contribution in [-0.2, 0) is 0 Å². The first-order chi connectivity index (χ1) is 8.34. The number of rotatable bonds is 2. The van der Waals surface area contributed by atoms with Crippen LogP contribution < -0.4 is 0 Å². The largest absolute Gasteiger partial charge is 0.493 e. The normalized spacial score (nSPS) is 10.6. The molecule has 3 aromatic rings. The quantitative estimate of drug-likeness (QED) is 0.705. The molecule has 0 saturated heterocycles. The van der Waals surface area contributed by atoms with Crippen LogP contribution in [-0.4, -0.2) is 20.3 Å². The third-order valence-electron chi connectivity index (χ3n) is 2.43. The molecule has 2 N–H and O–H groups in total. The summed E-state index contributed by atoms with van der Waals surface area (Å²) in [6, 6.07) is 8.94. The van der Waals surface area contributed by atoms with Gasteiger partial charge in [0.2, 0.25) is 5.88 Å². The molecule has 0 atom stereocenters. The zero-order chi connectivity index (χ0) is 11.7. The molecular formula is C12H9N3O2. The number of furan rings is 1. The van der Waals surface area contributed by atoms with Gasteiger partial charge in [-0.1, -0.05) is 0 Å². The van der Waals surface area contributed by atoms with Crippen molar-refractivity contribution in [2.45, 2.75) is 0 Å². The van der Waals surface area contributed by atoms with Gasteiger partial charge in [0.25, 0.3) is 0 Å². The van der Waals surface area contributed by atoms with Gasteiger partial charge in [0.15, 0.2) is 5.76 Å². The molecule has 0 spiro atoms. The first kappa shape index (κ1) is 9.65. The lowest BCUT2D eigenvalue weighted by Crippen LogP contribution is -1.81. The lowest BCUT2D eigenvalue weighted by Gasteiger charge is -1.97. The fourth-order valence-electron chi connectivity index (χ4n) is 1.61. The number of nitrogens with zero attached hydrogens (tertiary/aromatic N) is 2. The van der Waals surface area contributed by atoms with Crippen molar-refractivity contribution in [2.24, 2.45) is 0 Å². The van der Waals surface area contributed by atoms with Crippen LogP contribution in [0.2, 0.25) is 0 Å². The van der Waals surface area contributed by atoms with Crippen molar-refractivity contribution in [3.8, 4) is 28.6 Å². The van der Waals surface area contributed by atoms with Crippen LogP contribution in [0.4, 0.5) is 0 Å². The van der Waals surface area contributed by atoms with Crippen LogP contribution in [0.1, 0.15) is 0 Å². The Kier molecular flexibility index (Phi) is 2.15. The Morgan fingerprint density at radius 3 is 2.94 bits per heavy atom. The van der Waals surface area contributed by atoms with Crippen molar-refractivity contribution in [2.75, 3.05) is 0 Å². The van der Waals surface area contributed by atoms with E-state index >= 15 is 0 Å². The van der Waals surface area contributed by atoms with Gasteiger partial charge in [0.05, 0.1) is 17.5 Å². The minimum absolute atomic E-state index is 0.0370. The fraction of sp³-hybridized carbons (Fsp3) is 0. The van der Waals surface area contributed by atoms with E-state index in [9.17, 15) is 5.11 Å². The Morgan fingerprint density at radius 1 is 1.24 bits per heavy atom. The highest BCUT2D eigenvalue weighted by Crippen LogP contribution is 2.28. The molecule has 3 heterocycles. The second-order valence-electron chi connectivity index (χ2n) is 3.52. The van der Waals surface area contributed by atoms with Crippen molar-refractivity contribution in [3.63, 3.8) is 0 Å². The standard InChI is InChI=1S/C12H9N3O2/c16-12-8(3-1-5-13-12)9-7-10(15-14-9)11-4-2-6-17-11/h1-7H,(H,13,16)(H,14,15). The van der Waals surface area contributed by atoms with Crippen LogP contribution in [0, 0.1) is 0 Å². The number of aromatic nitrogens is 3. The van der Waals surface area contributed by atoms with E-state index in [-0.39, 0.29) is 5.88 Å². The van der Waals surface area contributed by atoms with E-state index in [2.05, 4.69) is 15.2 Å². The van der Waals surface area contributed by atoms with Gasteiger partial charge >= 0.3 is 0 Å². The number of hydrogen-bond acceptors (Lipinski definition) is 4. The van der Waals surface area contributed by atoms with E-state index in [1.165, 1.54) is 6.20 Å². The molecule has 0 aliphatic rings. The predicted octanol–water partition coefficient (Wildman–Crippen LogP) is 2.44. The first-order valence-electron chi connectivity index (χ1n) is 5.08. The Labute approximate surface area is 96.8 Å². The molecule has 0 amide bonds. The van der Waals surface area contributed by atoms with Crippen LogP contribution in [0.15, 0.2) is 47.2 Å².